The zero-order valence-electron chi connectivity index (χ0n) is 11.0. The molecule has 0 bridgehead atoms. The second kappa shape index (κ2) is 5.69. The number of hydrogen-bond acceptors (Lipinski definition) is 4. The lowest BCUT2D eigenvalue weighted by atomic mass is 10.1. The van der Waals surface area contributed by atoms with Gasteiger partial charge in [-0.05, 0) is 32.0 Å². The number of rotatable bonds is 4. The van der Waals surface area contributed by atoms with Crippen LogP contribution in [0.25, 0.3) is 0 Å². The van der Waals surface area contributed by atoms with Crippen molar-refractivity contribution in [2.24, 2.45) is 0 Å². The van der Waals surface area contributed by atoms with Gasteiger partial charge in [0.15, 0.2) is 0 Å². The standard InChI is InChI=1S/C14H18N4/c1-4-15-14(12-6-5-10(2)16-8-12)13-9-17-11(3)7-18-13/h5-9,14-15H,4H2,1-3H3. The highest BCUT2D eigenvalue weighted by Crippen LogP contribution is 2.19. The normalized spacial score (nSPS) is 12.4. The van der Waals surface area contributed by atoms with Crippen molar-refractivity contribution in [1.29, 1.82) is 0 Å². The molecule has 4 nitrogen and oxygen atoms in total. The maximum atomic E-state index is 4.44. The second-order valence-corrected chi connectivity index (χ2v) is 4.31. The fourth-order valence-corrected chi connectivity index (χ4v) is 1.80. The maximum absolute atomic E-state index is 4.44. The molecule has 1 unspecified atom stereocenters. The first kappa shape index (κ1) is 12.6. The summed E-state index contributed by atoms with van der Waals surface area (Å²) in [6, 6.07) is 4.15. The van der Waals surface area contributed by atoms with Crippen LogP contribution < -0.4 is 5.32 Å². The van der Waals surface area contributed by atoms with Gasteiger partial charge in [0.1, 0.15) is 0 Å². The van der Waals surface area contributed by atoms with Gasteiger partial charge in [0.05, 0.1) is 23.6 Å². The smallest absolute Gasteiger partial charge is 0.0802 e. The summed E-state index contributed by atoms with van der Waals surface area (Å²) in [5, 5.41) is 3.41. The first-order valence-electron chi connectivity index (χ1n) is 6.15. The van der Waals surface area contributed by atoms with E-state index < -0.39 is 0 Å². The number of nitrogens with one attached hydrogen (secondary N) is 1. The van der Waals surface area contributed by atoms with E-state index in [0.29, 0.717) is 0 Å². The molecule has 0 aromatic carbocycles. The third kappa shape index (κ3) is 2.90. The third-order valence-corrected chi connectivity index (χ3v) is 2.77. The van der Waals surface area contributed by atoms with E-state index in [2.05, 4.69) is 33.3 Å². The summed E-state index contributed by atoms with van der Waals surface area (Å²) in [6.45, 7) is 6.87. The largest absolute Gasteiger partial charge is 0.305 e. The maximum Gasteiger partial charge on any atom is 0.0802 e. The molecule has 18 heavy (non-hydrogen) atoms. The van der Waals surface area contributed by atoms with Gasteiger partial charge in [-0.25, -0.2) is 0 Å². The van der Waals surface area contributed by atoms with Crippen molar-refractivity contribution in [2.45, 2.75) is 26.8 Å². The molecule has 0 aliphatic rings. The minimum Gasteiger partial charge on any atom is -0.305 e. The topological polar surface area (TPSA) is 50.7 Å². The van der Waals surface area contributed by atoms with E-state index in [9.17, 15) is 0 Å². The van der Waals surface area contributed by atoms with E-state index in [1.54, 1.807) is 6.20 Å². The van der Waals surface area contributed by atoms with Crippen molar-refractivity contribution in [1.82, 2.24) is 20.3 Å². The SMILES string of the molecule is CCNC(c1ccc(C)nc1)c1cnc(C)cn1. The highest BCUT2D eigenvalue weighted by atomic mass is 14.9. The van der Waals surface area contributed by atoms with Gasteiger partial charge in [-0.2, -0.15) is 0 Å². The summed E-state index contributed by atoms with van der Waals surface area (Å²) in [4.78, 5) is 13.1. The number of hydrogen-bond donors (Lipinski definition) is 1. The lowest BCUT2D eigenvalue weighted by molar-refractivity contribution is 0.610. The number of aryl methyl sites for hydroxylation is 2. The van der Waals surface area contributed by atoms with Gasteiger partial charge >= 0.3 is 0 Å². The van der Waals surface area contributed by atoms with Crippen molar-refractivity contribution < 1.29 is 0 Å². The molecule has 94 valence electrons. The molecule has 0 saturated heterocycles. The summed E-state index contributed by atoms with van der Waals surface area (Å²) in [5.74, 6) is 0. The van der Waals surface area contributed by atoms with Gasteiger partial charge in [0.25, 0.3) is 0 Å². The van der Waals surface area contributed by atoms with Crippen LogP contribution in [0.3, 0.4) is 0 Å². The Labute approximate surface area is 108 Å². The molecule has 2 aromatic rings. The van der Waals surface area contributed by atoms with Crippen LogP contribution in [0, 0.1) is 13.8 Å². The van der Waals surface area contributed by atoms with Crippen molar-refractivity contribution in [2.75, 3.05) is 6.54 Å². The Balaban J connectivity index is 2.33. The van der Waals surface area contributed by atoms with Crippen molar-refractivity contribution in [3.8, 4) is 0 Å². The zero-order chi connectivity index (χ0) is 13.0. The minimum atomic E-state index is 0.0520. The first-order valence-corrected chi connectivity index (χ1v) is 6.15. The van der Waals surface area contributed by atoms with Crippen molar-refractivity contribution in [3.05, 3.63) is 53.4 Å². The van der Waals surface area contributed by atoms with Crippen LogP contribution in [-0.4, -0.2) is 21.5 Å². The monoisotopic (exact) mass is 242 g/mol. The van der Waals surface area contributed by atoms with Crippen LogP contribution in [0.5, 0.6) is 0 Å². The van der Waals surface area contributed by atoms with Crippen LogP contribution >= 0.6 is 0 Å². The molecule has 0 aliphatic heterocycles. The Morgan fingerprint density at radius 3 is 2.33 bits per heavy atom. The summed E-state index contributed by atoms with van der Waals surface area (Å²) in [6.07, 6.45) is 5.51. The highest BCUT2D eigenvalue weighted by molar-refractivity contribution is 5.25. The van der Waals surface area contributed by atoms with Gasteiger partial charge < -0.3 is 5.32 Å². The van der Waals surface area contributed by atoms with Gasteiger partial charge in [0.2, 0.25) is 0 Å². The highest BCUT2D eigenvalue weighted by Gasteiger charge is 2.14. The molecule has 0 saturated carbocycles. The molecule has 0 spiro atoms. The molecule has 1 atom stereocenters. The average molecular weight is 242 g/mol. The fourth-order valence-electron chi connectivity index (χ4n) is 1.80. The fraction of sp³-hybridized carbons (Fsp3) is 0.357. The second-order valence-electron chi connectivity index (χ2n) is 4.31. The lowest BCUT2D eigenvalue weighted by Crippen LogP contribution is -2.23. The van der Waals surface area contributed by atoms with E-state index in [-0.39, 0.29) is 6.04 Å². The molecule has 2 aromatic heterocycles. The Morgan fingerprint density at radius 1 is 1.00 bits per heavy atom. The molecule has 0 aliphatic carbocycles. The molecule has 2 heterocycles. The van der Waals surface area contributed by atoms with E-state index in [4.69, 9.17) is 0 Å². The Morgan fingerprint density at radius 2 is 1.78 bits per heavy atom. The number of pyridine rings is 1. The molecular formula is C14H18N4. The molecule has 0 amide bonds. The van der Waals surface area contributed by atoms with E-state index >= 15 is 0 Å². The summed E-state index contributed by atoms with van der Waals surface area (Å²) in [7, 11) is 0. The molecule has 2 rings (SSSR count). The minimum absolute atomic E-state index is 0.0520. The molecular weight excluding hydrogens is 224 g/mol. The van der Waals surface area contributed by atoms with Crippen molar-refractivity contribution in [3.63, 3.8) is 0 Å². The predicted molar refractivity (Wildman–Crippen MR) is 71.3 cm³/mol. The van der Waals surface area contributed by atoms with Gasteiger partial charge in [-0.3, -0.25) is 15.0 Å². The quantitative estimate of drug-likeness (QED) is 0.893. The van der Waals surface area contributed by atoms with Crippen LogP contribution in [0.1, 0.15) is 35.6 Å². The van der Waals surface area contributed by atoms with Crippen LogP contribution in [0.2, 0.25) is 0 Å². The van der Waals surface area contributed by atoms with Crippen molar-refractivity contribution >= 4 is 0 Å². The van der Waals surface area contributed by atoms with Crippen LogP contribution in [-0.2, 0) is 0 Å². The van der Waals surface area contributed by atoms with E-state index in [1.807, 2.05) is 32.3 Å². The zero-order valence-corrected chi connectivity index (χ0v) is 11.0. The van der Waals surface area contributed by atoms with Gasteiger partial charge in [0, 0.05) is 18.1 Å². The van der Waals surface area contributed by atoms with Gasteiger partial charge in [-0.15, -0.1) is 0 Å². The van der Waals surface area contributed by atoms with Crippen LogP contribution in [0.15, 0.2) is 30.7 Å². The van der Waals surface area contributed by atoms with E-state index in [1.165, 1.54) is 0 Å². The Kier molecular flexibility index (Phi) is 3.99. The van der Waals surface area contributed by atoms with E-state index in [0.717, 1.165) is 29.2 Å². The Hall–Kier alpha value is -1.81. The Bertz CT molecular complexity index is 445. The molecule has 4 heteroatoms. The summed E-state index contributed by atoms with van der Waals surface area (Å²) in [5.41, 5.74) is 3.98. The molecule has 1 N–H and O–H groups in total. The van der Waals surface area contributed by atoms with Gasteiger partial charge in [-0.1, -0.05) is 13.0 Å². The predicted octanol–water partition coefficient (Wildman–Crippen LogP) is 2.19. The molecule has 0 radical (unpaired) electrons. The number of nitrogens with zero attached hydrogens (tertiary/aromatic N) is 3. The summed E-state index contributed by atoms with van der Waals surface area (Å²) >= 11 is 0. The first-order chi connectivity index (χ1) is 8.70. The van der Waals surface area contributed by atoms with Crippen LogP contribution in [0.4, 0.5) is 0 Å². The average Bonchev–Trinajstić information content (AvgIpc) is 2.39. The number of aromatic nitrogens is 3. The lowest BCUT2D eigenvalue weighted by Gasteiger charge is -2.17. The molecule has 0 fully saturated rings. The summed E-state index contributed by atoms with van der Waals surface area (Å²) < 4.78 is 0. The third-order valence-electron chi connectivity index (χ3n) is 2.77.